The molecule has 0 radical (unpaired) electrons. The Bertz CT molecular complexity index is 660. The Morgan fingerprint density at radius 3 is 2.30 bits per heavy atom. The van der Waals surface area contributed by atoms with E-state index >= 15 is 0 Å². The molecule has 1 aliphatic rings. The summed E-state index contributed by atoms with van der Waals surface area (Å²) in [6.45, 7) is 0.724. The van der Waals surface area contributed by atoms with Gasteiger partial charge in [-0.1, -0.05) is 18.6 Å². The molecule has 0 amide bonds. The van der Waals surface area contributed by atoms with Gasteiger partial charge in [0, 0.05) is 24.6 Å². The second-order valence-electron chi connectivity index (χ2n) is 7.31. The summed E-state index contributed by atoms with van der Waals surface area (Å²) < 4.78 is 11.2. The summed E-state index contributed by atoms with van der Waals surface area (Å²) in [5, 5.41) is 8.77. The highest BCUT2D eigenvalue weighted by Crippen LogP contribution is 2.43. The third kappa shape index (κ3) is 5.82. The lowest BCUT2D eigenvalue weighted by Crippen LogP contribution is -2.46. The van der Waals surface area contributed by atoms with E-state index in [0.717, 1.165) is 62.1 Å². The first-order valence-electron chi connectivity index (χ1n) is 9.29. The van der Waals surface area contributed by atoms with Crippen LogP contribution >= 0.6 is 0 Å². The van der Waals surface area contributed by atoms with Crippen molar-refractivity contribution in [2.75, 3.05) is 27.7 Å². The molecule has 0 aliphatic heterocycles. The van der Waals surface area contributed by atoms with E-state index in [1.807, 2.05) is 38.4 Å². The molecular weight excluding hydrogens is 346 g/mol. The summed E-state index contributed by atoms with van der Waals surface area (Å²) in [6.07, 6.45) is 6.44. The summed E-state index contributed by atoms with van der Waals surface area (Å²) in [6, 6.07) is 7.87. The number of carbonyl (C=O) groups excluding carboxylic acids is 1. The summed E-state index contributed by atoms with van der Waals surface area (Å²) >= 11 is 0. The van der Waals surface area contributed by atoms with Gasteiger partial charge in [0.1, 0.15) is 11.4 Å². The van der Waals surface area contributed by atoms with Crippen molar-refractivity contribution in [1.29, 1.82) is 0 Å². The molecule has 1 unspecified atom stereocenters. The SMILES string of the molecule is COc1ccc(C(CN(C)C)C2(OC(=O)/C=C\C(=O)O)CCCCC2)cc1. The third-order valence-electron chi connectivity index (χ3n) is 5.07. The average molecular weight is 375 g/mol. The van der Waals surface area contributed by atoms with Crippen LogP contribution in [0.5, 0.6) is 5.75 Å². The minimum Gasteiger partial charge on any atom is -0.497 e. The molecular formula is C21H29NO5. The van der Waals surface area contributed by atoms with Crippen LogP contribution in [0.15, 0.2) is 36.4 Å². The van der Waals surface area contributed by atoms with Crippen LogP contribution in [-0.4, -0.2) is 55.3 Å². The molecule has 2 rings (SSSR count). The number of rotatable bonds is 8. The van der Waals surface area contributed by atoms with E-state index in [0.29, 0.717) is 0 Å². The van der Waals surface area contributed by atoms with Gasteiger partial charge in [-0.15, -0.1) is 0 Å². The summed E-state index contributed by atoms with van der Waals surface area (Å²) in [4.78, 5) is 25.2. The van der Waals surface area contributed by atoms with Gasteiger partial charge < -0.3 is 19.5 Å². The number of carbonyl (C=O) groups is 2. The molecule has 0 bridgehead atoms. The number of benzene rings is 1. The molecule has 0 heterocycles. The van der Waals surface area contributed by atoms with E-state index in [9.17, 15) is 9.59 Å². The first-order chi connectivity index (χ1) is 12.9. The Hall–Kier alpha value is -2.34. The normalized spacial score (nSPS) is 17.6. The van der Waals surface area contributed by atoms with Crippen LogP contribution in [0.25, 0.3) is 0 Å². The second kappa shape index (κ2) is 9.55. The second-order valence-corrected chi connectivity index (χ2v) is 7.31. The van der Waals surface area contributed by atoms with Crippen LogP contribution in [0.3, 0.4) is 0 Å². The van der Waals surface area contributed by atoms with Crippen LogP contribution in [0, 0.1) is 0 Å². The lowest BCUT2D eigenvalue weighted by molar-refractivity contribution is -0.161. The molecule has 148 valence electrons. The minimum atomic E-state index is -1.16. The zero-order chi connectivity index (χ0) is 19.9. The summed E-state index contributed by atoms with van der Waals surface area (Å²) in [5.41, 5.74) is 0.443. The van der Waals surface area contributed by atoms with Gasteiger partial charge >= 0.3 is 11.9 Å². The standard InChI is InChI=1S/C21H29NO5/c1-22(2)15-18(16-7-9-17(26-3)10-8-16)21(13-5-4-6-14-21)27-20(25)12-11-19(23)24/h7-12,18H,4-6,13-15H2,1-3H3,(H,23,24)/b12-11-. The fraction of sp³-hybridized carbons (Fsp3) is 0.524. The van der Waals surface area contributed by atoms with Gasteiger partial charge in [0.2, 0.25) is 0 Å². The lowest BCUT2D eigenvalue weighted by Gasteiger charge is -2.44. The Morgan fingerprint density at radius 1 is 1.15 bits per heavy atom. The highest BCUT2D eigenvalue weighted by molar-refractivity contribution is 5.91. The molecule has 6 heteroatoms. The molecule has 0 aromatic heterocycles. The average Bonchev–Trinajstić information content (AvgIpc) is 2.65. The molecule has 1 N–H and O–H groups in total. The number of ether oxygens (including phenoxy) is 2. The Balaban J connectivity index is 2.37. The highest BCUT2D eigenvalue weighted by Gasteiger charge is 2.44. The van der Waals surface area contributed by atoms with E-state index in [1.165, 1.54) is 0 Å². The van der Waals surface area contributed by atoms with Gasteiger partial charge in [0.25, 0.3) is 0 Å². The Kier molecular flexibility index (Phi) is 7.42. The van der Waals surface area contributed by atoms with Crippen molar-refractivity contribution in [3.05, 3.63) is 42.0 Å². The fourth-order valence-electron chi connectivity index (χ4n) is 3.82. The molecule has 1 fully saturated rings. The number of carboxylic acid groups (broad SMARTS) is 1. The lowest BCUT2D eigenvalue weighted by atomic mass is 9.72. The molecule has 1 aromatic carbocycles. The number of likely N-dealkylation sites (N-methyl/N-ethyl adjacent to an activating group) is 1. The number of aliphatic carboxylic acids is 1. The summed E-state index contributed by atoms with van der Waals surface area (Å²) in [7, 11) is 5.63. The van der Waals surface area contributed by atoms with Crippen molar-refractivity contribution < 1.29 is 24.2 Å². The molecule has 0 spiro atoms. The maximum Gasteiger partial charge on any atom is 0.331 e. The van der Waals surface area contributed by atoms with Crippen LogP contribution in [-0.2, 0) is 14.3 Å². The van der Waals surface area contributed by atoms with Crippen LogP contribution in [0.1, 0.15) is 43.6 Å². The molecule has 27 heavy (non-hydrogen) atoms. The van der Waals surface area contributed by atoms with Crippen molar-refractivity contribution in [3.8, 4) is 5.75 Å². The molecule has 1 atom stereocenters. The minimum absolute atomic E-state index is 0.0131. The van der Waals surface area contributed by atoms with Crippen molar-refractivity contribution in [2.24, 2.45) is 0 Å². The van der Waals surface area contributed by atoms with Crippen LogP contribution < -0.4 is 4.74 Å². The van der Waals surface area contributed by atoms with E-state index in [4.69, 9.17) is 14.6 Å². The first kappa shape index (κ1) is 21.0. The quantitative estimate of drug-likeness (QED) is 0.555. The van der Waals surface area contributed by atoms with Gasteiger partial charge in [0.05, 0.1) is 7.11 Å². The van der Waals surface area contributed by atoms with Gasteiger partial charge in [0.15, 0.2) is 0 Å². The maximum absolute atomic E-state index is 12.3. The summed E-state index contributed by atoms with van der Waals surface area (Å²) in [5.74, 6) is -0.997. The number of hydrogen-bond donors (Lipinski definition) is 1. The smallest absolute Gasteiger partial charge is 0.331 e. The van der Waals surface area contributed by atoms with Crippen molar-refractivity contribution in [1.82, 2.24) is 4.90 Å². The third-order valence-corrected chi connectivity index (χ3v) is 5.07. The maximum atomic E-state index is 12.3. The molecule has 1 aromatic rings. The van der Waals surface area contributed by atoms with Crippen molar-refractivity contribution >= 4 is 11.9 Å². The molecule has 1 saturated carbocycles. The monoisotopic (exact) mass is 375 g/mol. The largest absolute Gasteiger partial charge is 0.497 e. The van der Waals surface area contributed by atoms with Gasteiger partial charge in [-0.25, -0.2) is 9.59 Å². The first-order valence-corrected chi connectivity index (χ1v) is 9.29. The Labute approximate surface area is 160 Å². The number of nitrogens with zero attached hydrogens (tertiary/aromatic N) is 1. The fourth-order valence-corrected chi connectivity index (χ4v) is 3.82. The zero-order valence-corrected chi connectivity index (χ0v) is 16.3. The van der Waals surface area contributed by atoms with E-state index in [1.54, 1.807) is 7.11 Å². The van der Waals surface area contributed by atoms with Gasteiger partial charge in [-0.2, -0.15) is 0 Å². The van der Waals surface area contributed by atoms with E-state index in [2.05, 4.69) is 4.90 Å². The molecule has 1 aliphatic carbocycles. The number of esters is 1. The number of hydrogen-bond acceptors (Lipinski definition) is 5. The molecule has 6 nitrogen and oxygen atoms in total. The topological polar surface area (TPSA) is 76.1 Å². The molecule has 0 saturated heterocycles. The van der Waals surface area contributed by atoms with Crippen LogP contribution in [0.2, 0.25) is 0 Å². The van der Waals surface area contributed by atoms with Crippen LogP contribution in [0.4, 0.5) is 0 Å². The zero-order valence-electron chi connectivity index (χ0n) is 16.3. The Morgan fingerprint density at radius 2 is 1.78 bits per heavy atom. The predicted molar refractivity (Wildman–Crippen MR) is 103 cm³/mol. The van der Waals surface area contributed by atoms with E-state index in [-0.39, 0.29) is 5.92 Å². The van der Waals surface area contributed by atoms with Crippen molar-refractivity contribution in [3.63, 3.8) is 0 Å². The van der Waals surface area contributed by atoms with Gasteiger partial charge in [-0.3, -0.25) is 0 Å². The number of carboxylic acids is 1. The highest BCUT2D eigenvalue weighted by atomic mass is 16.6. The van der Waals surface area contributed by atoms with Gasteiger partial charge in [-0.05, 0) is 57.5 Å². The van der Waals surface area contributed by atoms with E-state index < -0.39 is 17.5 Å². The predicted octanol–water partition coefficient (Wildman–Crippen LogP) is 3.23. The van der Waals surface area contributed by atoms with Crippen molar-refractivity contribution in [2.45, 2.75) is 43.6 Å². The number of methoxy groups -OCH3 is 1.